The minimum atomic E-state index is -3.93. The van der Waals surface area contributed by atoms with Gasteiger partial charge in [-0.1, -0.05) is 18.2 Å². The van der Waals surface area contributed by atoms with Gasteiger partial charge in [0.15, 0.2) is 0 Å². The van der Waals surface area contributed by atoms with Crippen molar-refractivity contribution in [2.24, 2.45) is 0 Å². The average Bonchev–Trinajstić information content (AvgIpc) is 2.68. The van der Waals surface area contributed by atoms with Gasteiger partial charge in [-0.25, -0.2) is 8.42 Å². The fraction of sp³-hybridized carbons (Fsp3) is 0.0556. The molecule has 138 valence electrons. The molecule has 0 saturated carbocycles. The maximum atomic E-state index is 12.7. The third-order valence-corrected chi connectivity index (χ3v) is 5.15. The Hall–Kier alpha value is -3.46. The molecule has 0 spiro atoms. The molecule has 9 heteroatoms. The van der Waals surface area contributed by atoms with Crippen LogP contribution in [0.4, 0.5) is 11.4 Å². The number of nitrogens with one attached hydrogen (secondary N) is 1. The second-order valence-corrected chi connectivity index (χ2v) is 7.17. The molecule has 0 atom stereocenters. The Labute approximate surface area is 155 Å². The Kier molecular flexibility index (Phi) is 5.04. The van der Waals surface area contributed by atoms with Crippen molar-refractivity contribution < 1.29 is 18.1 Å². The van der Waals surface area contributed by atoms with Gasteiger partial charge in [-0.3, -0.25) is 19.8 Å². The highest BCUT2D eigenvalue weighted by molar-refractivity contribution is 7.92. The maximum absolute atomic E-state index is 12.7. The number of hydrogen-bond acceptors (Lipinski definition) is 6. The molecule has 1 N–H and O–H groups in total. The van der Waals surface area contributed by atoms with Gasteiger partial charge in [0.25, 0.3) is 15.7 Å². The minimum Gasteiger partial charge on any atom is -0.497 e. The molecule has 0 aliphatic heterocycles. The summed E-state index contributed by atoms with van der Waals surface area (Å²) in [5.41, 5.74) is 1.25. The Morgan fingerprint density at radius 1 is 1.07 bits per heavy atom. The van der Waals surface area contributed by atoms with Crippen molar-refractivity contribution in [3.8, 4) is 17.0 Å². The normalized spacial score (nSPS) is 11.0. The second-order valence-electron chi connectivity index (χ2n) is 5.48. The lowest BCUT2D eigenvalue weighted by molar-refractivity contribution is -0.384. The van der Waals surface area contributed by atoms with Crippen LogP contribution in [0.5, 0.6) is 5.75 Å². The number of nitrogens with zero attached hydrogens (tertiary/aromatic N) is 2. The molecule has 3 rings (SSSR count). The van der Waals surface area contributed by atoms with Crippen LogP contribution in [0.25, 0.3) is 11.3 Å². The second kappa shape index (κ2) is 7.42. The first-order chi connectivity index (χ1) is 12.9. The van der Waals surface area contributed by atoms with E-state index in [-0.39, 0.29) is 10.6 Å². The van der Waals surface area contributed by atoms with Gasteiger partial charge < -0.3 is 4.74 Å². The van der Waals surface area contributed by atoms with Crippen molar-refractivity contribution in [2.45, 2.75) is 4.90 Å². The van der Waals surface area contributed by atoms with E-state index in [1.165, 1.54) is 19.2 Å². The molecule has 27 heavy (non-hydrogen) atoms. The van der Waals surface area contributed by atoms with Gasteiger partial charge in [0, 0.05) is 30.0 Å². The highest BCUT2D eigenvalue weighted by Gasteiger charge is 2.18. The van der Waals surface area contributed by atoms with Crippen molar-refractivity contribution in [3.63, 3.8) is 0 Å². The zero-order valence-corrected chi connectivity index (χ0v) is 15.0. The van der Waals surface area contributed by atoms with E-state index in [0.29, 0.717) is 22.7 Å². The third kappa shape index (κ3) is 4.04. The molecule has 3 aromatic rings. The van der Waals surface area contributed by atoms with E-state index in [0.717, 1.165) is 12.1 Å². The van der Waals surface area contributed by atoms with Crippen molar-refractivity contribution in [2.75, 3.05) is 11.8 Å². The molecular formula is C18H15N3O5S. The van der Waals surface area contributed by atoms with Crippen molar-refractivity contribution in [1.82, 2.24) is 4.98 Å². The molecule has 0 aliphatic carbocycles. The van der Waals surface area contributed by atoms with Crippen LogP contribution in [0.3, 0.4) is 0 Å². The standard InChI is InChI=1S/C18H15N3O5S/c1-26-14-10-11-19-18(12-14)16-4-2-3-5-17(16)20-27(24,25)15-8-6-13(7-9-15)21(22)23/h2-12,20H,1H3. The monoisotopic (exact) mass is 385 g/mol. The molecule has 2 aromatic carbocycles. The predicted molar refractivity (Wildman–Crippen MR) is 100 cm³/mol. The van der Waals surface area contributed by atoms with Gasteiger partial charge in [0.2, 0.25) is 0 Å². The number of rotatable bonds is 6. The molecule has 0 unspecified atom stereocenters. The number of aromatic nitrogens is 1. The quantitative estimate of drug-likeness (QED) is 0.514. The molecule has 0 radical (unpaired) electrons. The van der Waals surface area contributed by atoms with Crippen LogP contribution in [-0.4, -0.2) is 25.4 Å². The number of nitro benzene ring substituents is 1. The van der Waals surface area contributed by atoms with Gasteiger partial charge in [-0.2, -0.15) is 0 Å². The molecular weight excluding hydrogens is 370 g/mol. The van der Waals surface area contributed by atoms with Gasteiger partial charge in [-0.15, -0.1) is 0 Å². The zero-order valence-electron chi connectivity index (χ0n) is 14.2. The Bertz CT molecular complexity index is 1080. The summed E-state index contributed by atoms with van der Waals surface area (Å²) in [6, 6.07) is 14.8. The van der Waals surface area contributed by atoms with Crippen molar-refractivity contribution >= 4 is 21.4 Å². The zero-order chi connectivity index (χ0) is 19.4. The van der Waals surface area contributed by atoms with E-state index >= 15 is 0 Å². The number of nitro groups is 1. The number of anilines is 1. The van der Waals surface area contributed by atoms with Gasteiger partial charge in [0.1, 0.15) is 5.75 Å². The topological polar surface area (TPSA) is 111 Å². The van der Waals surface area contributed by atoms with Gasteiger partial charge in [-0.05, 0) is 24.3 Å². The number of benzene rings is 2. The Balaban J connectivity index is 1.96. The summed E-state index contributed by atoms with van der Waals surface area (Å²) < 4.78 is 33.0. The molecule has 8 nitrogen and oxygen atoms in total. The fourth-order valence-electron chi connectivity index (χ4n) is 2.43. The number of methoxy groups -OCH3 is 1. The van der Waals surface area contributed by atoms with Crippen molar-refractivity contribution in [3.05, 3.63) is 77.0 Å². The van der Waals surface area contributed by atoms with Crippen LogP contribution < -0.4 is 9.46 Å². The number of hydrogen-bond donors (Lipinski definition) is 1. The summed E-state index contributed by atoms with van der Waals surface area (Å²) in [7, 11) is -2.40. The summed E-state index contributed by atoms with van der Waals surface area (Å²) in [6.07, 6.45) is 1.57. The molecule has 0 saturated heterocycles. The SMILES string of the molecule is COc1ccnc(-c2ccccc2NS(=O)(=O)c2ccc([N+](=O)[O-])cc2)c1. The number of para-hydroxylation sites is 1. The van der Waals surface area contributed by atoms with E-state index in [1.807, 2.05) is 0 Å². The highest BCUT2D eigenvalue weighted by atomic mass is 32.2. The number of sulfonamides is 1. The summed E-state index contributed by atoms with van der Waals surface area (Å²) in [5.74, 6) is 0.591. The Morgan fingerprint density at radius 3 is 2.44 bits per heavy atom. The van der Waals surface area contributed by atoms with Crippen LogP contribution in [0.2, 0.25) is 0 Å². The fourth-order valence-corrected chi connectivity index (χ4v) is 3.51. The van der Waals surface area contributed by atoms with Crippen LogP contribution in [0, 0.1) is 10.1 Å². The molecule has 0 amide bonds. The third-order valence-electron chi connectivity index (χ3n) is 3.77. The number of pyridine rings is 1. The smallest absolute Gasteiger partial charge is 0.269 e. The molecule has 0 fully saturated rings. The van der Waals surface area contributed by atoms with E-state index in [2.05, 4.69) is 9.71 Å². The van der Waals surface area contributed by atoms with Crippen LogP contribution >= 0.6 is 0 Å². The summed E-state index contributed by atoms with van der Waals surface area (Å²) >= 11 is 0. The Morgan fingerprint density at radius 2 is 1.78 bits per heavy atom. The summed E-state index contributed by atoms with van der Waals surface area (Å²) in [6.45, 7) is 0. The number of non-ortho nitro benzene ring substituents is 1. The van der Waals surface area contributed by atoms with Crippen LogP contribution in [0.15, 0.2) is 71.8 Å². The van der Waals surface area contributed by atoms with E-state index in [9.17, 15) is 18.5 Å². The highest BCUT2D eigenvalue weighted by Crippen LogP contribution is 2.30. The van der Waals surface area contributed by atoms with Crippen LogP contribution in [-0.2, 0) is 10.0 Å². The maximum Gasteiger partial charge on any atom is 0.269 e. The van der Waals surface area contributed by atoms with Crippen molar-refractivity contribution in [1.29, 1.82) is 0 Å². The first-order valence-electron chi connectivity index (χ1n) is 7.77. The minimum absolute atomic E-state index is 0.0819. The van der Waals surface area contributed by atoms with E-state index < -0.39 is 14.9 Å². The van der Waals surface area contributed by atoms with E-state index in [4.69, 9.17) is 4.74 Å². The summed E-state index contributed by atoms with van der Waals surface area (Å²) in [5, 5.41) is 10.7. The molecule has 0 bridgehead atoms. The first-order valence-corrected chi connectivity index (χ1v) is 9.26. The molecule has 0 aliphatic rings. The van der Waals surface area contributed by atoms with Gasteiger partial charge >= 0.3 is 0 Å². The largest absolute Gasteiger partial charge is 0.497 e. The lowest BCUT2D eigenvalue weighted by Gasteiger charge is -2.13. The summed E-state index contributed by atoms with van der Waals surface area (Å²) in [4.78, 5) is 14.3. The molecule has 1 aromatic heterocycles. The average molecular weight is 385 g/mol. The van der Waals surface area contributed by atoms with E-state index in [1.54, 1.807) is 42.6 Å². The number of ether oxygens (including phenoxy) is 1. The lowest BCUT2D eigenvalue weighted by Crippen LogP contribution is -2.13. The molecule has 1 heterocycles. The van der Waals surface area contributed by atoms with Crippen LogP contribution in [0.1, 0.15) is 0 Å². The lowest BCUT2D eigenvalue weighted by atomic mass is 10.1. The first kappa shape index (κ1) is 18.3. The predicted octanol–water partition coefficient (Wildman–Crippen LogP) is 3.47. The van der Waals surface area contributed by atoms with Gasteiger partial charge in [0.05, 0.1) is 28.3 Å².